The lowest BCUT2D eigenvalue weighted by Crippen LogP contribution is -2.19. The lowest BCUT2D eigenvalue weighted by Gasteiger charge is -2.12. The van der Waals surface area contributed by atoms with Crippen molar-refractivity contribution < 1.29 is 10.2 Å². The molecule has 0 atom stereocenters. The van der Waals surface area contributed by atoms with Crippen LogP contribution in [0.15, 0.2) is 10.4 Å². The standard InChI is InChI=1S/C6H16N4O2/c1-9(3-5-11)7-8-10(2)4-6-12/h11-12H,3-6H2,1-2H3/b8-7+. The molecule has 0 bridgehead atoms. The second-order valence-electron chi connectivity index (χ2n) is 2.39. The van der Waals surface area contributed by atoms with Gasteiger partial charge in [-0.05, 0) is 0 Å². The lowest BCUT2D eigenvalue weighted by molar-refractivity contribution is 0.179. The van der Waals surface area contributed by atoms with E-state index in [1.54, 1.807) is 14.1 Å². The van der Waals surface area contributed by atoms with E-state index in [-0.39, 0.29) is 13.2 Å². The molecule has 0 saturated heterocycles. The molecule has 2 N–H and O–H groups in total. The van der Waals surface area contributed by atoms with E-state index >= 15 is 0 Å². The predicted octanol–water partition coefficient (Wildman–Crippen LogP) is -0.883. The van der Waals surface area contributed by atoms with Crippen molar-refractivity contribution in [1.29, 1.82) is 0 Å². The third-order valence-corrected chi connectivity index (χ3v) is 1.19. The van der Waals surface area contributed by atoms with Crippen molar-refractivity contribution in [3.8, 4) is 0 Å². The zero-order valence-corrected chi connectivity index (χ0v) is 7.51. The van der Waals surface area contributed by atoms with Gasteiger partial charge in [-0.2, -0.15) is 0 Å². The van der Waals surface area contributed by atoms with E-state index < -0.39 is 0 Å². The SMILES string of the molecule is CN(CCO)/N=N/N(C)CCO. The van der Waals surface area contributed by atoms with Crippen molar-refractivity contribution in [3.05, 3.63) is 0 Å². The number of hydrogen-bond donors (Lipinski definition) is 2. The minimum Gasteiger partial charge on any atom is -0.394 e. The van der Waals surface area contributed by atoms with Crippen LogP contribution in [0.5, 0.6) is 0 Å². The number of likely N-dealkylation sites (N-methyl/N-ethyl adjacent to an activating group) is 2. The van der Waals surface area contributed by atoms with Gasteiger partial charge in [-0.3, -0.25) is 10.0 Å². The zero-order valence-electron chi connectivity index (χ0n) is 7.51. The molecule has 0 unspecified atom stereocenters. The molecule has 0 amide bonds. The molecule has 0 aliphatic rings. The first-order valence-electron chi connectivity index (χ1n) is 3.76. The van der Waals surface area contributed by atoms with Gasteiger partial charge in [0, 0.05) is 14.1 Å². The molecule has 0 aromatic rings. The van der Waals surface area contributed by atoms with Crippen molar-refractivity contribution in [2.24, 2.45) is 10.4 Å². The Kier molecular flexibility index (Phi) is 6.31. The number of nitrogens with zero attached hydrogens (tertiary/aromatic N) is 4. The van der Waals surface area contributed by atoms with E-state index in [1.165, 1.54) is 10.0 Å². The van der Waals surface area contributed by atoms with Crippen LogP contribution in [0, 0.1) is 0 Å². The molecule has 6 nitrogen and oxygen atoms in total. The fraction of sp³-hybridized carbons (Fsp3) is 1.00. The molecule has 0 fully saturated rings. The summed E-state index contributed by atoms with van der Waals surface area (Å²) in [5.74, 6) is 0. The summed E-state index contributed by atoms with van der Waals surface area (Å²) in [7, 11) is 3.43. The number of hydrogen-bond acceptors (Lipinski definition) is 4. The highest BCUT2D eigenvalue weighted by Crippen LogP contribution is 1.88. The Bertz CT molecular complexity index is 117. The van der Waals surface area contributed by atoms with Crippen LogP contribution < -0.4 is 0 Å². The maximum Gasteiger partial charge on any atom is 0.0623 e. The van der Waals surface area contributed by atoms with Crippen LogP contribution in [0.3, 0.4) is 0 Å². The van der Waals surface area contributed by atoms with Gasteiger partial charge in [-0.1, -0.05) is 10.4 Å². The van der Waals surface area contributed by atoms with Gasteiger partial charge in [0.25, 0.3) is 0 Å². The first kappa shape index (κ1) is 11.1. The van der Waals surface area contributed by atoms with Crippen molar-refractivity contribution in [1.82, 2.24) is 10.0 Å². The lowest BCUT2D eigenvalue weighted by atomic mass is 10.7. The summed E-state index contributed by atoms with van der Waals surface area (Å²) in [5.41, 5.74) is 0. The van der Waals surface area contributed by atoms with E-state index in [1.807, 2.05) is 0 Å². The van der Waals surface area contributed by atoms with E-state index in [0.29, 0.717) is 13.1 Å². The quantitative estimate of drug-likeness (QED) is 0.407. The fourth-order valence-corrected chi connectivity index (χ4v) is 0.515. The summed E-state index contributed by atoms with van der Waals surface area (Å²) >= 11 is 0. The Hall–Kier alpha value is -0.880. The summed E-state index contributed by atoms with van der Waals surface area (Å²) < 4.78 is 0. The maximum absolute atomic E-state index is 8.51. The van der Waals surface area contributed by atoms with Gasteiger partial charge in [0.1, 0.15) is 0 Å². The molecule has 0 aromatic heterocycles. The van der Waals surface area contributed by atoms with E-state index in [2.05, 4.69) is 10.4 Å². The minimum atomic E-state index is 0.0548. The fourth-order valence-electron chi connectivity index (χ4n) is 0.515. The van der Waals surface area contributed by atoms with E-state index in [0.717, 1.165) is 0 Å². The Morgan fingerprint density at radius 2 is 1.25 bits per heavy atom. The molecular weight excluding hydrogens is 160 g/mol. The molecular formula is C6H16N4O2. The Balaban J connectivity index is 3.57. The van der Waals surface area contributed by atoms with Crippen LogP contribution in [0.4, 0.5) is 0 Å². The Labute approximate surface area is 72.1 Å². The highest BCUT2D eigenvalue weighted by atomic mass is 16.3. The third-order valence-electron chi connectivity index (χ3n) is 1.19. The molecule has 0 spiro atoms. The monoisotopic (exact) mass is 176 g/mol. The van der Waals surface area contributed by atoms with Crippen LogP contribution in [-0.4, -0.2) is 60.6 Å². The molecule has 0 aromatic carbocycles. The number of aliphatic hydroxyl groups excluding tert-OH is 2. The van der Waals surface area contributed by atoms with E-state index in [4.69, 9.17) is 10.2 Å². The predicted molar refractivity (Wildman–Crippen MR) is 44.3 cm³/mol. The smallest absolute Gasteiger partial charge is 0.0623 e. The molecule has 0 saturated carbocycles. The molecule has 0 radical (unpaired) electrons. The first-order chi connectivity index (χ1) is 5.70. The van der Waals surface area contributed by atoms with Crippen LogP contribution in [-0.2, 0) is 0 Å². The average molecular weight is 176 g/mol. The molecule has 0 aliphatic heterocycles. The summed E-state index contributed by atoms with van der Waals surface area (Å²) in [5, 5.41) is 27.6. The van der Waals surface area contributed by atoms with Crippen LogP contribution in [0.2, 0.25) is 0 Å². The average Bonchev–Trinajstić information content (AvgIpc) is 2.02. The van der Waals surface area contributed by atoms with Crippen LogP contribution in [0.25, 0.3) is 0 Å². The molecule has 12 heavy (non-hydrogen) atoms. The molecule has 72 valence electrons. The van der Waals surface area contributed by atoms with Gasteiger partial charge >= 0.3 is 0 Å². The van der Waals surface area contributed by atoms with Crippen LogP contribution in [0.1, 0.15) is 0 Å². The molecule has 0 heterocycles. The first-order valence-corrected chi connectivity index (χ1v) is 3.76. The van der Waals surface area contributed by atoms with Gasteiger partial charge in [0.2, 0.25) is 0 Å². The minimum absolute atomic E-state index is 0.0548. The van der Waals surface area contributed by atoms with Crippen molar-refractivity contribution >= 4 is 0 Å². The normalized spacial score (nSPS) is 10.7. The summed E-state index contributed by atoms with van der Waals surface area (Å²) in [6, 6.07) is 0. The largest absolute Gasteiger partial charge is 0.394 e. The van der Waals surface area contributed by atoms with E-state index in [9.17, 15) is 0 Å². The summed E-state index contributed by atoms with van der Waals surface area (Å²) in [6.07, 6.45) is 0. The van der Waals surface area contributed by atoms with Gasteiger partial charge in [-0.15, -0.1) is 0 Å². The molecule has 0 rings (SSSR count). The molecule has 6 heteroatoms. The van der Waals surface area contributed by atoms with Gasteiger partial charge in [0.05, 0.1) is 26.3 Å². The van der Waals surface area contributed by atoms with Gasteiger partial charge < -0.3 is 10.2 Å². The van der Waals surface area contributed by atoms with Crippen LogP contribution >= 0.6 is 0 Å². The Morgan fingerprint density at radius 3 is 1.50 bits per heavy atom. The second kappa shape index (κ2) is 6.81. The highest BCUT2D eigenvalue weighted by molar-refractivity contribution is 4.39. The third kappa shape index (κ3) is 5.87. The summed E-state index contributed by atoms with van der Waals surface area (Å²) in [6.45, 7) is 1.02. The second-order valence-corrected chi connectivity index (χ2v) is 2.39. The van der Waals surface area contributed by atoms with Crippen molar-refractivity contribution in [2.45, 2.75) is 0 Å². The number of rotatable bonds is 6. The topological polar surface area (TPSA) is 71.7 Å². The maximum atomic E-state index is 8.51. The highest BCUT2D eigenvalue weighted by Gasteiger charge is 1.92. The van der Waals surface area contributed by atoms with Crippen molar-refractivity contribution in [2.75, 3.05) is 40.4 Å². The zero-order chi connectivity index (χ0) is 9.40. The summed E-state index contributed by atoms with van der Waals surface area (Å²) in [4.78, 5) is 0. The molecule has 0 aliphatic carbocycles. The van der Waals surface area contributed by atoms with Gasteiger partial charge in [0.15, 0.2) is 0 Å². The Morgan fingerprint density at radius 1 is 0.917 bits per heavy atom. The van der Waals surface area contributed by atoms with Gasteiger partial charge in [-0.25, -0.2) is 0 Å². The number of aliphatic hydroxyl groups is 2. The van der Waals surface area contributed by atoms with Crippen molar-refractivity contribution in [3.63, 3.8) is 0 Å².